The third-order valence-corrected chi connectivity index (χ3v) is 3.57. The van der Waals surface area contributed by atoms with Gasteiger partial charge in [0.1, 0.15) is 0 Å². The normalized spacial score (nSPS) is 24.4. The van der Waals surface area contributed by atoms with E-state index in [1.54, 1.807) is 0 Å². The van der Waals surface area contributed by atoms with Crippen LogP contribution in [-0.2, 0) is 4.74 Å². The fraction of sp³-hybridized carbons (Fsp3) is 1.00. The largest absolute Gasteiger partial charge is 0.381 e. The molecule has 0 amide bonds. The summed E-state index contributed by atoms with van der Waals surface area (Å²) in [5.41, 5.74) is 5.55. The van der Waals surface area contributed by atoms with E-state index in [-0.39, 0.29) is 0 Å². The van der Waals surface area contributed by atoms with E-state index in [1.165, 1.54) is 38.5 Å². The molecule has 2 nitrogen and oxygen atoms in total. The minimum absolute atomic E-state index is 0.411. The predicted octanol–water partition coefficient (Wildman–Crippen LogP) is 3.10. The summed E-state index contributed by atoms with van der Waals surface area (Å²) in [5.74, 6) is 1.09. The van der Waals surface area contributed by atoms with Crippen molar-refractivity contribution >= 4 is 0 Å². The zero-order valence-electron chi connectivity index (χ0n) is 10.2. The topological polar surface area (TPSA) is 35.2 Å². The molecule has 2 N–H and O–H groups in total. The molecule has 0 aromatic rings. The van der Waals surface area contributed by atoms with Crippen LogP contribution in [0.25, 0.3) is 0 Å². The van der Waals surface area contributed by atoms with Crippen LogP contribution in [0.2, 0.25) is 0 Å². The molecule has 0 aromatic heterocycles. The van der Waals surface area contributed by atoms with E-state index in [9.17, 15) is 0 Å². The molecule has 1 heterocycles. The lowest BCUT2D eigenvalue weighted by atomic mass is 9.88. The predicted molar refractivity (Wildman–Crippen MR) is 64.9 cm³/mol. The van der Waals surface area contributed by atoms with E-state index < -0.39 is 0 Å². The molecular formula is C13H27NO. The summed E-state index contributed by atoms with van der Waals surface area (Å²) in [6.07, 6.45) is 11.0. The van der Waals surface area contributed by atoms with Gasteiger partial charge in [0.2, 0.25) is 0 Å². The quantitative estimate of drug-likeness (QED) is 0.726. The second-order valence-electron chi connectivity index (χ2n) is 4.86. The Morgan fingerprint density at radius 2 is 1.60 bits per heavy atom. The summed E-state index contributed by atoms with van der Waals surface area (Å²) in [7, 11) is 0. The van der Waals surface area contributed by atoms with Crippen LogP contribution in [0.3, 0.4) is 0 Å². The molecule has 1 saturated heterocycles. The van der Waals surface area contributed by atoms with Crippen LogP contribution in [0.4, 0.5) is 0 Å². The highest BCUT2D eigenvalue weighted by Gasteiger charge is 2.09. The van der Waals surface area contributed by atoms with Gasteiger partial charge in [0.15, 0.2) is 0 Å². The average molecular weight is 213 g/mol. The van der Waals surface area contributed by atoms with Crippen molar-refractivity contribution in [1.29, 1.82) is 0 Å². The fourth-order valence-electron chi connectivity index (χ4n) is 2.31. The van der Waals surface area contributed by atoms with Crippen molar-refractivity contribution in [2.75, 3.05) is 13.2 Å². The summed E-state index contributed by atoms with van der Waals surface area (Å²) in [6, 6.07) is 0.411. The minimum atomic E-state index is 0.411. The van der Waals surface area contributed by atoms with E-state index in [0.717, 1.165) is 32.0 Å². The molecule has 0 spiro atoms. The van der Waals surface area contributed by atoms with Gasteiger partial charge in [-0.1, -0.05) is 45.4 Å². The van der Waals surface area contributed by atoms with Crippen molar-refractivity contribution in [3.63, 3.8) is 0 Å². The molecule has 0 aromatic carbocycles. The number of ether oxygens (including phenoxy) is 1. The van der Waals surface area contributed by atoms with Gasteiger partial charge in [-0.05, 0) is 18.8 Å². The van der Waals surface area contributed by atoms with Gasteiger partial charge in [0.25, 0.3) is 0 Å². The highest BCUT2D eigenvalue weighted by molar-refractivity contribution is 4.63. The van der Waals surface area contributed by atoms with E-state index >= 15 is 0 Å². The highest BCUT2D eigenvalue weighted by atomic mass is 16.5. The Morgan fingerprint density at radius 3 is 1.93 bits per heavy atom. The van der Waals surface area contributed by atoms with Crippen LogP contribution >= 0.6 is 0 Å². The van der Waals surface area contributed by atoms with Gasteiger partial charge >= 0.3 is 0 Å². The molecule has 1 aliphatic heterocycles. The maximum absolute atomic E-state index is 5.55. The summed E-state index contributed by atoms with van der Waals surface area (Å²) in [5, 5.41) is 0. The van der Waals surface area contributed by atoms with Gasteiger partial charge in [-0.3, -0.25) is 0 Å². The third kappa shape index (κ3) is 6.16. The molecule has 2 fully saturated rings. The first kappa shape index (κ1) is 13.0. The van der Waals surface area contributed by atoms with Gasteiger partial charge in [-0.25, -0.2) is 0 Å². The van der Waals surface area contributed by atoms with E-state index in [4.69, 9.17) is 10.5 Å². The maximum Gasteiger partial charge on any atom is 0.0480 e. The molecule has 2 rings (SSSR count). The highest BCUT2D eigenvalue weighted by Crippen LogP contribution is 2.25. The first-order valence-electron chi connectivity index (χ1n) is 6.66. The Kier molecular flexibility index (Phi) is 7.03. The van der Waals surface area contributed by atoms with Gasteiger partial charge in [0, 0.05) is 19.3 Å². The van der Waals surface area contributed by atoms with Gasteiger partial charge in [-0.2, -0.15) is 0 Å². The number of rotatable bonds is 1. The molecule has 90 valence electrons. The van der Waals surface area contributed by atoms with Crippen LogP contribution in [0.5, 0.6) is 0 Å². The lowest BCUT2D eigenvalue weighted by Gasteiger charge is -2.18. The Balaban J connectivity index is 0.000000151. The fourth-order valence-corrected chi connectivity index (χ4v) is 2.31. The molecule has 0 atom stereocenters. The standard InChI is InChI=1S/C8H16.C5H11NO/c1-2-8-6-4-3-5-7-8;6-5-1-3-7-4-2-5/h8H,2-7H2,1H3;5H,1-4,6H2. The van der Waals surface area contributed by atoms with Crippen molar-refractivity contribution in [3.8, 4) is 0 Å². The van der Waals surface area contributed by atoms with Crippen LogP contribution in [0.1, 0.15) is 58.3 Å². The summed E-state index contributed by atoms with van der Waals surface area (Å²) in [6.45, 7) is 4.04. The van der Waals surface area contributed by atoms with E-state index in [0.29, 0.717) is 6.04 Å². The summed E-state index contributed by atoms with van der Waals surface area (Å²) < 4.78 is 5.06. The third-order valence-electron chi connectivity index (χ3n) is 3.57. The van der Waals surface area contributed by atoms with Gasteiger partial charge in [-0.15, -0.1) is 0 Å². The molecule has 2 aliphatic rings. The first-order valence-corrected chi connectivity index (χ1v) is 6.66. The SMILES string of the molecule is CCC1CCCCC1.NC1CCOCC1. The average Bonchev–Trinajstić information content (AvgIpc) is 2.32. The van der Waals surface area contributed by atoms with Crippen LogP contribution in [0, 0.1) is 5.92 Å². The number of hydrogen-bond donors (Lipinski definition) is 1. The smallest absolute Gasteiger partial charge is 0.0480 e. The molecule has 0 bridgehead atoms. The maximum atomic E-state index is 5.55. The van der Waals surface area contributed by atoms with Crippen LogP contribution in [-0.4, -0.2) is 19.3 Å². The summed E-state index contributed by atoms with van der Waals surface area (Å²) >= 11 is 0. The Hall–Kier alpha value is -0.0800. The molecule has 1 saturated carbocycles. The van der Waals surface area contributed by atoms with Crippen LogP contribution in [0.15, 0.2) is 0 Å². The first-order chi connectivity index (χ1) is 7.33. The monoisotopic (exact) mass is 213 g/mol. The molecule has 0 unspecified atom stereocenters. The van der Waals surface area contributed by atoms with Crippen molar-refractivity contribution in [3.05, 3.63) is 0 Å². The molecular weight excluding hydrogens is 186 g/mol. The van der Waals surface area contributed by atoms with E-state index in [1.807, 2.05) is 0 Å². The molecule has 0 radical (unpaired) electrons. The Labute approximate surface area is 94.6 Å². The Morgan fingerprint density at radius 1 is 1.00 bits per heavy atom. The lowest BCUT2D eigenvalue weighted by molar-refractivity contribution is 0.0866. The van der Waals surface area contributed by atoms with Crippen molar-refractivity contribution in [2.24, 2.45) is 11.7 Å². The molecule has 2 heteroatoms. The van der Waals surface area contributed by atoms with Crippen LogP contribution < -0.4 is 5.73 Å². The number of nitrogens with two attached hydrogens (primary N) is 1. The second kappa shape index (κ2) is 8.12. The van der Waals surface area contributed by atoms with Gasteiger partial charge in [0.05, 0.1) is 0 Å². The number of hydrogen-bond acceptors (Lipinski definition) is 2. The van der Waals surface area contributed by atoms with E-state index in [2.05, 4.69) is 6.92 Å². The molecule has 15 heavy (non-hydrogen) atoms. The second-order valence-corrected chi connectivity index (χ2v) is 4.86. The van der Waals surface area contributed by atoms with Crippen molar-refractivity contribution < 1.29 is 4.74 Å². The van der Waals surface area contributed by atoms with Crippen molar-refractivity contribution in [2.45, 2.75) is 64.3 Å². The minimum Gasteiger partial charge on any atom is -0.381 e. The zero-order valence-corrected chi connectivity index (χ0v) is 10.2. The molecule has 1 aliphatic carbocycles. The zero-order chi connectivity index (χ0) is 10.9. The van der Waals surface area contributed by atoms with Crippen molar-refractivity contribution in [1.82, 2.24) is 0 Å². The van der Waals surface area contributed by atoms with Gasteiger partial charge < -0.3 is 10.5 Å². The Bertz CT molecular complexity index is 137. The summed E-state index contributed by atoms with van der Waals surface area (Å²) in [4.78, 5) is 0. The lowest BCUT2D eigenvalue weighted by Crippen LogP contribution is -2.28.